The van der Waals surface area contributed by atoms with E-state index in [1.54, 1.807) is 49.5 Å². The van der Waals surface area contributed by atoms with Crippen molar-refractivity contribution in [2.75, 3.05) is 40.4 Å². The van der Waals surface area contributed by atoms with Crippen molar-refractivity contribution >= 4 is 17.6 Å². The van der Waals surface area contributed by atoms with Gasteiger partial charge in [0, 0.05) is 50.4 Å². The lowest BCUT2D eigenvalue weighted by Crippen LogP contribution is -2.52. The molecule has 1 aromatic heterocycles. The number of piperidine rings is 2. The van der Waals surface area contributed by atoms with Crippen LogP contribution < -0.4 is 14.8 Å². The summed E-state index contributed by atoms with van der Waals surface area (Å²) in [6.45, 7) is 2.41. The highest BCUT2D eigenvalue weighted by molar-refractivity contribution is 5.99. The molecule has 2 aliphatic rings. The number of likely N-dealkylation sites (tertiary alicyclic amines) is 2. The van der Waals surface area contributed by atoms with Gasteiger partial charge in [-0.15, -0.1) is 0 Å². The predicted octanol–water partition coefficient (Wildman–Crippen LogP) is 4.18. The number of carbonyl (C=O) groups excluding carboxylic acids is 3. The maximum absolute atomic E-state index is 15.0. The standard InChI is InChI=1S/C33H37FN4O5/c1-42-26-8-3-22(4-9-26)20-37-16-15-29(28(34)21-37)36-32(40)25-7-12-30(35-19-25)33(41)38-17-13-24(14-18-38)31(39)23-5-10-27(43-2)11-6-23/h3-12,19,24,28-29H,13-18,20-21H2,1-2H3,(H,36,40)/t28-,29-/m1/s1. The van der Waals surface area contributed by atoms with Crippen molar-refractivity contribution in [3.05, 3.63) is 89.2 Å². The minimum atomic E-state index is -1.20. The summed E-state index contributed by atoms with van der Waals surface area (Å²) in [5.41, 5.74) is 2.21. The van der Waals surface area contributed by atoms with Crippen LogP contribution in [0.4, 0.5) is 4.39 Å². The normalized spacial score (nSPS) is 19.5. The molecule has 0 unspecified atom stereocenters. The Morgan fingerprint density at radius 2 is 1.49 bits per heavy atom. The van der Waals surface area contributed by atoms with Gasteiger partial charge in [0.05, 0.1) is 25.8 Å². The zero-order chi connectivity index (χ0) is 30.3. The van der Waals surface area contributed by atoms with Crippen molar-refractivity contribution in [3.63, 3.8) is 0 Å². The molecule has 1 N–H and O–H groups in total. The van der Waals surface area contributed by atoms with Crippen molar-refractivity contribution in [2.24, 2.45) is 5.92 Å². The number of pyridine rings is 1. The Kier molecular flexibility index (Phi) is 9.66. The first-order chi connectivity index (χ1) is 20.8. The molecule has 0 bridgehead atoms. The monoisotopic (exact) mass is 588 g/mol. The first-order valence-corrected chi connectivity index (χ1v) is 14.6. The van der Waals surface area contributed by atoms with Crippen LogP contribution >= 0.6 is 0 Å². The zero-order valence-corrected chi connectivity index (χ0v) is 24.5. The van der Waals surface area contributed by atoms with E-state index in [9.17, 15) is 14.4 Å². The van der Waals surface area contributed by atoms with Gasteiger partial charge in [-0.05, 0) is 73.4 Å². The van der Waals surface area contributed by atoms with Gasteiger partial charge in [-0.25, -0.2) is 4.39 Å². The first-order valence-electron chi connectivity index (χ1n) is 14.6. The molecule has 5 rings (SSSR count). The fourth-order valence-electron chi connectivity index (χ4n) is 5.67. The second-order valence-electron chi connectivity index (χ2n) is 11.1. The SMILES string of the molecule is COc1ccc(CN2CC[C@@H](NC(=O)c3ccc(C(=O)N4CCC(C(=O)c5ccc(OC)cc5)CC4)nc3)[C@H](F)C2)cc1. The van der Waals surface area contributed by atoms with E-state index in [4.69, 9.17) is 9.47 Å². The van der Waals surface area contributed by atoms with Crippen molar-refractivity contribution in [1.29, 1.82) is 0 Å². The number of Topliss-reactive ketones (excluding diaryl/α,β-unsaturated/α-hetero) is 1. The number of amides is 2. The molecule has 3 aromatic rings. The molecule has 2 aliphatic heterocycles. The van der Waals surface area contributed by atoms with E-state index in [2.05, 4.69) is 10.3 Å². The van der Waals surface area contributed by atoms with Gasteiger partial charge in [0.2, 0.25) is 0 Å². The van der Waals surface area contributed by atoms with Crippen LogP contribution in [0.5, 0.6) is 11.5 Å². The van der Waals surface area contributed by atoms with Gasteiger partial charge in [-0.2, -0.15) is 0 Å². The van der Waals surface area contributed by atoms with Crippen molar-refractivity contribution in [3.8, 4) is 11.5 Å². The average molecular weight is 589 g/mol. The summed E-state index contributed by atoms with van der Waals surface area (Å²) in [6.07, 6.45) is 1.78. The van der Waals surface area contributed by atoms with Crippen LogP contribution in [0.1, 0.15) is 56.0 Å². The van der Waals surface area contributed by atoms with E-state index in [0.29, 0.717) is 56.8 Å². The smallest absolute Gasteiger partial charge is 0.272 e. The van der Waals surface area contributed by atoms with Crippen LogP contribution in [0.2, 0.25) is 0 Å². The molecule has 10 heteroatoms. The number of benzene rings is 2. The fraction of sp³-hybridized carbons (Fsp3) is 0.394. The van der Waals surface area contributed by atoms with Crippen molar-refractivity contribution < 1.29 is 28.2 Å². The van der Waals surface area contributed by atoms with Gasteiger partial charge >= 0.3 is 0 Å². The third kappa shape index (κ3) is 7.37. The average Bonchev–Trinajstić information content (AvgIpc) is 3.06. The number of carbonyl (C=O) groups is 3. The number of alkyl halides is 1. The molecule has 0 radical (unpaired) electrons. The Morgan fingerprint density at radius 1 is 0.860 bits per heavy atom. The largest absolute Gasteiger partial charge is 0.497 e. The molecule has 2 amide bonds. The Hall–Kier alpha value is -4.31. The summed E-state index contributed by atoms with van der Waals surface area (Å²) in [4.78, 5) is 46.8. The number of nitrogens with zero attached hydrogens (tertiary/aromatic N) is 3. The number of aromatic nitrogens is 1. The van der Waals surface area contributed by atoms with Gasteiger partial charge in [-0.3, -0.25) is 24.3 Å². The third-order valence-corrected chi connectivity index (χ3v) is 8.28. The highest BCUT2D eigenvalue weighted by Gasteiger charge is 2.31. The number of ketones is 1. The lowest BCUT2D eigenvalue weighted by Gasteiger charge is -2.35. The van der Waals surface area contributed by atoms with Crippen LogP contribution in [0.25, 0.3) is 0 Å². The summed E-state index contributed by atoms with van der Waals surface area (Å²) in [5, 5.41) is 2.80. The minimum Gasteiger partial charge on any atom is -0.497 e. The molecule has 2 saturated heterocycles. The molecule has 2 fully saturated rings. The van der Waals surface area contributed by atoms with E-state index >= 15 is 4.39 Å². The maximum atomic E-state index is 15.0. The Bertz CT molecular complexity index is 1410. The molecular weight excluding hydrogens is 551 g/mol. The third-order valence-electron chi connectivity index (χ3n) is 8.28. The van der Waals surface area contributed by atoms with Gasteiger partial charge in [0.25, 0.3) is 11.8 Å². The number of methoxy groups -OCH3 is 2. The molecule has 3 heterocycles. The summed E-state index contributed by atoms with van der Waals surface area (Å²) >= 11 is 0. The molecule has 226 valence electrons. The van der Waals surface area contributed by atoms with Gasteiger partial charge in [0.1, 0.15) is 23.4 Å². The topological polar surface area (TPSA) is 101 Å². The number of hydrogen-bond acceptors (Lipinski definition) is 7. The second kappa shape index (κ2) is 13.8. The Balaban J connectivity index is 1.08. The Morgan fingerprint density at radius 3 is 2.07 bits per heavy atom. The first kappa shape index (κ1) is 30.2. The maximum Gasteiger partial charge on any atom is 0.272 e. The summed E-state index contributed by atoms with van der Waals surface area (Å²) in [5.74, 6) is 0.740. The minimum absolute atomic E-state index is 0.0710. The van der Waals surface area contributed by atoms with Crippen LogP contribution in [-0.2, 0) is 6.54 Å². The fourth-order valence-corrected chi connectivity index (χ4v) is 5.67. The highest BCUT2D eigenvalue weighted by Crippen LogP contribution is 2.24. The van der Waals surface area contributed by atoms with Gasteiger partial charge in [-0.1, -0.05) is 12.1 Å². The number of hydrogen-bond donors (Lipinski definition) is 1. The van der Waals surface area contributed by atoms with E-state index in [0.717, 1.165) is 11.3 Å². The van der Waals surface area contributed by atoms with Crippen molar-refractivity contribution in [2.45, 2.75) is 38.0 Å². The second-order valence-corrected chi connectivity index (χ2v) is 11.1. The summed E-state index contributed by atoms with van der Waals surface area (Å²) < 4.78 is 25.4. The number of ether oxygens (including phenoxy) is 2. The van der Waals surface area contributed by atoms with E-state index < -0.39 is 18.1 Å². The van der Waals surface area contributed by atoms with Gasteiger partial charge < -0.3 is 19.7 Å². The van der Waals surface area contributed by atoms with E-state index in [-0.39, 0.29) is 35.4 Å². The molecule has 0 spiro atoms. The number of halogens is 1. The van der Waals surface area contributed by atoms with Crippen LogP contribution in [-0.4, -0.2) is 85.0 Å². The Labute approximate surface area is 251 Å². The van der Waals surface area contributed by atoms with Crippen LogP contribution in [0, 0.1) is 5.92 Å². The lowest BCUT2D eigenvalue weighted by molar-refractivity contribution is 0.0645. The molecule has 9 nitrogen and oxygen atoms in total. The van der Waals surface area contributed by atoms with Crippen LogP contribution in [0.15, 0.2) is 66.9 Å². The number of nitrogens with one attached hydrogen (secondary N) is 1. The lowest BCUT2D eigenvalue weighted by atomic mass is 9.88. The molecule has 43 heavy (non-hydrogen) atoms. The predicted molar refractivity (Wildman–Crippen MR) is 159 cm³/mol. The molecule has 0 aliphatic carbocycles. The van der Waals surface area contributed by atoms with E-state index in [1.165, 1.54) is 12.3 Å². The zero-order valence-electron chi connectivity index (χ0n) is 24.5. The highest BCUT2D eigenvalue weighted by atomic mass is 19.1. The van der Waals surface area contributed by atoms with Crippen LogP contribution in [0.3, 0.4) is 0 Å². The van der Waals surface area contributed by atoms with Crippen molar-refractivity contribution in [1.82, 2.24) is 20.1 Å². The van der Waals surface area contributed by atoms with Gasteiger partial charge in [0.15, 0.2) is 5.78 Å². The van der Waals surface area contributed by atoms with E-state index in [1.807, 2.05) is 29.2 Å². The number of rotatable bonds is 9. The quantitative estimate of drug-likeness (QED) is 0.375. The molecule has 0 saturated carbocycles. The molecule has 2 aromatic carbocycles. The summed E-state index contributed by atoms with van der Waals surface area (Å²) in [7, 11) is 3.20. The summed E-state index contributed by atoms with van der Waals surface area (Å²) in [6, 6.07) is 17.2. The molecular formula is C33H37FN4O5. The molecule has 2 atom stereocenters.